The molecule has 1 N–H and O–H groups in total. The Balaban J connectivity index is 2.19. The Morgan fingerprint density at radius 3 is 3.00 bits per heavy atom. The molecule has 0 amide bonds. The number of nitrogens with one attached hydrogen (secondary N) is 1. The van der Waals surface area contributed by atoms with Crippen molar-refractivity contribution in [2.75, 3.05) is 11.9 Å². The molecule has 1 aliphatic heterocycles. The van der Waals surface area contributed by atoms with Gasteiger partial charge in [-0.15, -0.1) is 0 Å². The van der Waals surface area contributed by atoms with E-state index in [1.807, 2.05) is 18.2 Å². The molecule has 0 radical (unpaired) electrons. The van der Waals surface area contributed by atoms with Crippen LogP contribution in [0.4, 0.5) is 5.69 Å². The Morgan fingerprint density at radius 2 is 2.29 bits per heavy atom. The van der Waals surface area contributed by atoms with Gasteiger partial charge in [-0.1, -0.05) is 11.6 Å². The summed E-state index contributed by atoms with van der Waals surface area (Å²) in [6.07, 6.45) is 2.17. The standard InChI is InChI=1S/C10H10BrClN2/c11-8-4-3-7(12)6-9(8)14-10-2-1-5-13-10/h3-4,6H,1-2,5H2,(H,13,14). The van der Waals surface area contributed by atoms with E-state index in [0.29, 0.717) is 0 Å². The number of halogens is 2. The molecular formula is C10H10BrClN2. The lowest BCUT2D eigenvalue weighted by Gasteiger charge is -2.08. The van der Waals surface area contributed by atoms with Gasteiger partial charge in [0.25, 0.3) is 0 Å². The van der Waals surface area contributed by atoms with Gasteiger partial charge in [-0.2, -0.15) is 0 Å². The number of benzene rings is 1. The molecule has 4 heteroatoms. The number of rotatable bonds is 1. The summed E-state index contributed by atoms with van der Waals surface area (Å²) in [5.74, 6) is 1.05. The number of hydrogen-bond acceptors (Lipinski definition) is 2. The van der Waals surface area contributed by atoms with Crippen molar-refractivity contribution in [2.45, 2.75) is 12.8 Å². The summed E-state index contributed by atoms with van der Waals surface area (Å²) < 4.78 is 1.01. The second kappa shape index (κ2) is 4.32. The van der Waals surface area contributed by atoms with Crippen LogP contribution in [0.3, 0.4) is 0 Å². The molecule has 2 rings (SSSR count). The van der Waals surface area contributed by atoms with E-state index in [0.717, 1.165) is 40.4 Å². The lowest BCUT2D eigenvalue weighted by molar-refractivity contribution is 0.951. The zero-order chi connectivity index (χ0) is 9.97. The molecule has 0 aromatic heterocycles. The molecule has 14 heavy (non-hydrogen) atoms. The lowest BCUT2D eigenvalue weighted by Crippen LogP contribution is -2.08. The van der Waals surface area contributed by atoms with E-state index in [1.165, 1.54) is 0 Å². The molecule has 1 aromatic rings. The van der Waals surface area contributed by atoms with Gasteiger partial charge in [0, 0.05) is 22.5 Å². The van der Waals surface area contributed by atoms with Gasteiger partial charge in [-0.25, -0.2) is 0 Å². The first-order valence-corrected chi connectivity index (χ1v) is 5.68. The van der Waals surface area contributed by atoms with E-state index in [-0.39, 0.29) is 0 Å². The van der Waals surface area contributed by atoms with Gasteiger partial charge < -0.3 is 5.32 Å². The maximum absolute atomic E-state index is 5.90. The van der Waals surface area contributed by atoms with Crippen LogP contribution in [0.2, 0.25) is 5.02 Å². The van der Waals surface area contributed by atoms with Gasteiger partial charge in [-0.3, -0.25) is 4.99 Å². The number of nitrogens with zero attached hydrogens (tertiary/aromatic N) is 1. The Hall–Kier alpha value is -0.540. The first-order chi connectivity index (χ1) is 6.75. The van der Waals surface area contributed by atoms with Gasteiger partial charge in [0.1, 0.15) is 5.84 Å². The van der Waals surface area contributed by atoms with Crippen LogP contribution in [0.15, 0.2) is 27.7 Å². The second-order valence-electron chi connectivity index (χ2n) is 3.18. The minimum absolute atomic E-state index is 0.731. The molecular weight excluding hydrogens is 263 g/mol. The van der Waals surface area contributed by atoms with Gasteiger partial charge in [0.05, 0.1) is 5.69 Å². The molecule has 0 spiro atoms. The quantitative estimate of drug-likeness (QED) is 0.829. The van der Waals surface area contributed by atoms with E-state index >= 15 is 0 Å². The van der Waals surface area contributed by atoms with Crippen molar-refractivity contribution in [3.63, 3.8) is 0 Å². The molecule has 0 aliphatic carbocycles. The zero-order valence-electron chi connectivity index (χ0n) is 7.56. The van der Waals surface area contributed by atoms with Crippen molar-refractivity contribution < 1.29 is 0 Å². The number of anilines is 1. The molecule has 74 valence electrons. The molecule has 1 heterocycles. The Kier molecular flexibility index (Phi) is 3.08. The monoisotopic (exact) mass is 272 g/mol. The smallest absolute Gasteiger partial charge is 0.101 e. The van der Waals surface area contributed by atoms with Crippen molar-refractivity contribution in [1.29, 1.82) is 0 Å². The van der Waals surface area contributed by atoms with Crippen molar-refractivity contribution in [3.05, 3.63) is 27.7 Å². The summed E-state index contributed by atoms with van der Waals surface area (Å²) in [5.41, 5.74) is 0.984. The van der Waals surface area contributed by atoms with E-state index in [1.54, 1.807) is 0 Å². The molecule has 0 saturated carbocycles. The summed E-state index contributed by atoms with van der Waals surface area (Å²) in [7, 11) is 0. The highest BCUT2D eigenvalue weighted by Gasteiger charge is 2.08. The molecule has 0 atom stereocenters. The third-order valence-corrected chi connectivity index (χ3v) is 3.01. The van der Waals surface area contributed by atoms with Crippen LogP contribution in [0.25, 0.3) is 0 Å². The van der Waals surface area contributed by atoms with Crippen molar-refractivity contribution >= 4 is 39.1 Å². The molecule has 0 bridgehead atoms. The van der Waals surface area contributed by atoms with Gasteiger partial charge in [0.2, 0.25) is 0 Å². The zero-order valence-corrected chi connectivity index (χ0v) is 9.90. The maximum atomic E-state index is 5.90. The first kappa shape index (κ1) is 9.99. The van der Waals surface area contributed by atoms with Gasteiger partial charge in [0.15, 0.2) is 0 Å². The summed E-state index contributed by atoms with van der Waals surface area (Å²) in [6.45, 7) is 0.931. The van der Waals surface area contributed by atoms with E-state index < -0.39 is 0 Å². The highest BCUT2D eigenvalue weighted by atomic mass is 79.9. The fraction of sp³-hybridized carbons (Fsp3) is 0.300. The van der Waals surface area contributed by atoms with Crippen molar-refractivity contribution in [2.24, 2.45) is 4.99 Å². The Bertz CT molecular complexity index is 376. The minimum Gasteiger partial charge on any atom is -0.343 e. The van der Waals surface area contributed by atoms with Crippen LogP contribution < -0.4 is 5.32 Å². The predicted octanol–water partition coefficient (Wildman–Crippen LogP) is 3.71. The third kappa shape index (κ3) is 2.28. The van der Waals surface area contributed by atoms with Gasteiger partial charge >= 0.3 is 0 Å². The molecule has 0 fully saturated rings. The van der Waals surface area contributed by atoms with Crippen LogP contribution in [0, 0.1) is 0 Å². The highest BCUT2D eigenvalue weighted by Crippen LogP contribution is 2.26. The third-order valence-electron chi connectivity index (χ3n) is 2.08. The van der Waals surface area contributed by atoms with Crippen LogP contribution in [0.1, 0.15) is 12.8 Å². The number of amidine groups is 1. The summed E-state index contributed by atoms with van der Waals surface area (Å²) in [6, 6.07) is 5.68. The van der Waals surface area contributed by atoms with E-state index in [9.17, 15) is 0 Å². The second-order valence-corrected chi connectivity index (χ2v) is 4.47. The average molecular weight is 274 g/mol. The fourth-order valence-electron chi connectivity index (χ4n) is 1.39. The SMILES string of the molecule is Clc1ccc(Br)c(NC2=NCCC2)c1. The number of hydrogen-bond donors (Lipinski definition) is 1. The summed E-state index contributed by atoms with van der Waals surface area (Å²) in [4.78, 5) is 4.34. The van der Waals surface area contributed by atoms with Crippen LogP contribution >= 0.6 is 27.5 Å². The highest BCUT2D eigenvalue weighted by molar-refractivity contribution is 9.10. The van der Waals surface area contributed by atoms with Crippen molar-refractivity contribution in [1.82, 2.24) is 0 Å². The normalized spacial score (nSPS) is 15.4. The van der Waals surface area contributed by atoms with Crippen LogP contribution in [0.5, 0.6) is 0 Å². The predicted molar refractivity (Wildman–Crippen MR) is 64.3 cm³/mol. The van der Waals surface area contributed by atoms with Crippen molar-refractivity contribution in [3.8, 4) is 0 Å². The van der Waals surface area contributed by atoms with E-state index in [2.05, 4.69) is 26.2 Å². The molecule has 2 nitrogen and oxygen atoms in total. The molecule has 1 aliphatic rings. The fourth-order valence-corrected chi connectivity index (χ4v) is 1.91. The van der Waals surface area contributed by atoms with Crippen LogP contribution in [-0.2, 0) is 0 Å². The first-order valence-electron chi connectivity index (χ1n) is 4.51. The molecule has 0 saturated heterocycles. The molecule has 1 aromatic carbocycles. The average Bonchev–Trinajstić information content (AvgIpc) is 2.64. The summed E-state index contributed by atoms with van der Waals surface area (Å²) >= 11 is 9.36. The molecule has 0 unspecified atom stereocenters. The number of aliphatic imine (C=N–C) groups is 1. The minimum atomic E-state index is 0.731. The Morgan fingerprint density at radius 1 is 1.43 bits per heavy atom. The Labute approximate surface area is 96.5 Å². The lowest BCUT2D eigenvalue weighted by atomic mass is 10.3. The van der Waals surface area contributed by atoms with Gasteiger partial charge in [-0.05, 0) is 40.5 Å². The largest absolute Gasteiger partial charge is 0.343 e. The van der Waals surface area contributed by atoms with E-state index in [4.69, 9.17) is 11.6 Å². The summed E-state index contributed by atoms with van der Waals surface area (Å²) in [5, 5.41) is 4.00. The topological polar surface area (TPSA) is 24.4 Å². The van der Waals surface area contributed by atoms with Crippen LogP contribution in [-0.4, -0.2) is 12.4 Å². The maximum Gasteiger partial charge on any atom is 0.101 e.